The van der Waals surface area contributed by atoms with E-state index in [2.05, 4.69) is 55.4 Å². The van der Waals surface area contributed by atoms with Crippen molar-refractivity contribution in [3.05, 3.63) is 11.1 Å². The predicted molar refractivity (Wildman–Crippen MR) is 108 cm³/mol. The minimum Gasteiger partial charge on any atom is -0.0707 e. The lowest BCUT2D eigenvalue weighted by Crippen LogP contribution is -2.32. The first kappa shape index (κ1) is 20.1. The van der Waals surface area contributed by atoms with Crippen LogP contribution in [0.15, 0.2) is 11.1 Å². The van der Waals surface area contributed by atoms with Gasteiger partial charge in [0.15, 0.2) is 0 Å². The minimum absolute atomic E-state index is 0.830. The maximum absolute atomic E-state index is 2.50. The van der Waals surface area contributed by atoms with Gasteiger partial charge in [-0.2, -0.15) is 0 Å². The van der Waals surface area contributed by atoms with Gasteiger partial charge < -0.3 is 0 Å². The molecule has 0 aliphatic heterocycles. The fourth-order valence-corrected chi connectivity index (χ4v) is 5.99. The molecule has 0 nitrogen and oxygen atoms in total. The van der Waals surface area contributed by atoms with Crippen LogP contribution < -0.4 is 0 Å². The van der Waals surface area contributed by atoms with Crippen LogP contribution in [0.4, 0.5) is 0 Å². The average Bonchev–Trinajstić information content (AvgIpc) is 2.52. The molecule has 0 heterocycles. The van der Waals surface area contributed by atoms with E-state index in [0.717, 1.165) is 47.3 Å². The Hall–Kier alpha value is -0.260. The molecular formula is C24H44. The highest BCUT2D eigenvalue weighted by Crippen LogP contribution is 2.47. The van der Waals surface area contributed by atoms with Crippen LogP contribution in [0.3, 0.4) is 0 Å². The van der Waals surface area contributed by atoms with Crippen molar-refractivity contribution >= 4 is 0 Å². The maximum Gasteiger partial charge on any atom is -0.0170 e. The van der Waals surface area contributed by atoms with Gasteiger partial charge in [0.2, 0.25) is 0 Å². The second-order valence-corrected chi connectivity index (χ2v) is 10.2. The van der Waals surface area contributed by atoms with E-state index >= 15 is 0 Å². The van der Waals surface area contributed by atoms with Gasteiger partial charge in [-0.15, -0.1) is 0 Å². The third-order valence-corrected chi connectivity index (χ3v) is 7.78. The van der Waals surface area contributed by atoms with Crippen LogP contribution in [0.25, 0.3) is 0 Å². The lowest BCUT2D eigenvalue weighted by Gasteiger charge is -2.42. The molecular weight excluding hydrogens is 288 g/mol. The number of allylic oxidation sites excluding steroid dienone is 2. The molecule has 0 saturated heterocycles. The standard InChI is InChI=1S/C24H44/c1-15(2)21-11-9-17(5)13-23(21)19(7)20(8)24-14-18(6)10-12-22(24)16(3)4/h15-18,21-24H,9-14H2,1-8H3. The summed E-state index contributed by atoms with van der Waals surface area (Å²) in [5, 5.41) is 0. The molecule has 0 aromatic carbocycles. The zero-order valence-corrected chi connectivity index (χ0v) is 17.9. The monoisotopic (exact) mass is 332 g/mol. The molecule has 0 aromatic heterocycles. The molecule has 2 aliphatic carbocycles. The zero-order valence-electron chi connectivity index (χ0n) is 17.9. The van der Waals surface area contributed by atoms with Crippen molar-refractivity contribution in [2.75, 3.05) is 0 Å². The molecule has 6 atom stereocenters. The van der Waals surface area contributed by atoms with Gasteiger partial charge in [-0.05, 0) is 86.9 Å². The third-order valence-electron chi connectivity index (χ3n) is 7.78. The molecule has 0 radical (unpaired) electrons. The topological polar surface area (TPSA) is 0 Å². The van der Waals surface area contributed by atoms with E-state index in [0.29, 0.717) is 0 Å². The Morgan fingerprint density at radius 2 is 0.958 bits per heavy atom. The van der Waals surface area contributed by atoms with Crippen LogP contribution in [-0.2, 0) is 0 Å². The normalized spacial score (nSPS) is 39.2. The van der Waals surface area contributed by atoms with Gasteiger partial charge in [-0.25, -0.2) is 0 Å². The van der Waals surface area contributed by atoms with Crippen molar-refractivity contribution in [1.82, 2.24) is 0 Å². The molecule has 0 heteroatoms. The second kappa shape index (κ2) is 8.41. The summed E-state index contributed by atoms with van der Waals surface area (Å²) < 4.78 is 0. The van der Waals surface area contributed by atoms with E-state index in [4.69, 9.17) is 0 Å². The Morgan fingerprint density at radius 1 is 0.625 bits per heavy atom. The first-order valence-electron chi connectivity index (χ1n) is 10.9. The minimum atomic E-state index is 0.830. The summed E-state index contributed by atoms with van der Waals surface area (Å²) in [4.78, 5) is 0. The smallest absolute Gasteiger partial charge is 0.0170 e. The third kappa shape index (κ3) is 4.47. The summed E-state index contributed by atoms with van der Waals surface area (Å²) >= 11 is 0. The predicted octanol–water partition coefficient (Wildman–Crippen LogP) is 7.74. The van der Waals surface area contributed by atoms with Crippen molar-refractivity contribution in [1.29, 1.82) is 0 Å². The molecule has 2 rings (SSSR count). The van der Waals surface area contributed by atoms with Gasteiger partial charge in [-0.3, -0.25) is 0 Å². The van der Waals surface area contributed by atoms with Crippen molar-refractivity contribution < 1.29 is 0 Å². The van der Waals surface area contributed by atoms with Crippen molar-refractivity contribution in [3.8, 4) is 0 Å². The van der Waals surface area contributed by atoms with Gasteiger partial charge in [-0.1, -0.05) is 65.5 Å². The van der Waals surface area contributed by atoms with E-state index in [1.807, 2.05) is 0 Å². The van der Waals surface area contributed by atoms with Gasteiger partial charge in [0, 0.05) is 0 Å². The first-order chi connectivity index (χ1) is 11.2. The van der Waals surface area contributed by atoms with Gasteiger partial charge >= 0.3 is 0 Å². The van der Waals surface area contributed by atoms with Crippen molar-refractivity contribution in [2.24, 2.45) is 47.3 Å². The lowest BCUT2D eigenvalue weighted by atomic mass is 9.63. The molecule has 6 unspecified atom stereocenters. The molecule has 2 saturated carbocycles. The van der Waals surface area contributed by atoms with Crippen LogP contribution >= 0.6 is 0 Å². The van der Waals surface area contributed by atoms with Crippen LogP contribution in [0, 0.1) is 47.3 Å². The summed E-state index contributed by atoms with van der Waals surface area (Å²) in [6, 6.07) is 0. The van der Waals surface area contributed by atoms with Crippen LogP contribution in [-0.4, -0.2) is 0 Å². The highest BCUT2D eigenvalue weighted by atomic mass is 14.4. The Labute approximate surface area is 152 Å². The summed E-state index contributed by atoms with van der Waals surface area (Å²) in [5.74, 6) is 7.01. The molecule has 2 fully saturated rings. The number of hydrogen-bond acceptors (Lipinski definition) is 0. The van der Waals surface area contributed by atoms with E-state index in [9.17, 15) is 0 Å². The molecule has 0 bridgehead atoms. The van der Waals surface area contributed by atoms with Crippen LogP contribution in [0.5, 0.6) is 0 Å². The molecule has 2 aliphatic rings. The number of hydrogen-bond donors (Lipinski definition) is 0. The Morgan fingerprint density at radius 3 is 1.25 bits per heavy atom. The summed E-state index contributed by atoms with van der Waals surface area (Å²) in [6.07, 6.45) is 8.65. The van der Waals surface area contributed by atoms with Crippen molar-refractivity contribution in [2.45, 2.75) is 93.9 Å². The molecule has 0 amide bonds. The second-order valence-electron chi connectivity index (χ2n) is 10.2. The summed E-state index contributed by atoms with van der Waals surface area (Å²) in [7, 11) is 0. The molecule has 0 spiro atoms. The summed E-state index contributed by atoms with van der Waals surface area (Å²) in [5.41, 5.74) is 3.56. The van der Waals surface area contributed by atoms with Gasteiger partial charge in [0.05, 0.1) is 0 Å². The molecule has 0 aromatic rings. The quantitative estimate of drug-likeness (QED) is 0.462. The van der Waals surface area contributed by atoms with Crippen LogP contribution in [0.1, 0.15) is 93.9 Å². The van der Waals surface area contributed by atoms with E-state index in [1.54, 1.807) is 11.1 Å². The fourth-order valence-electron chi connectivity index (χ4n) is 5.99. The highest BCUT2D eigenvalue weighted by Gasteiger charge is 2.36. The number of rotatable bonds is 4. The Kier molecular flexibility index (Phi) is 7.03. The van der Waals surface area contributed by atoms with Crippen LogP contribution in [0.2, 0.25) is 0 Å². The molecule has 140 valence electrons. The van der Waals surface area contributed by atoms with Crippen molar-refractivity contribution in [3.63, 3.8) is 0 Å². The summed E-state index contributed by atoms with van der Waals surface area (Å²) in [6.45, 7) is 19.8. The van der Waals surface area contributed by atoms with Gasteiger partial charge in [0.1, 0.15) is 0 Å². The zero-order chi connectivity index (χ0) is 18.0. The van der Waals surface area contributed by atoms with E-state index in [1.165, 1.54) is 38.5 Å². The molecule has 0 N–H and O–H groups in total. The highest BCUT2D eigenvalue weighted by molar-refractivity contribution is 5.19. The Balaban J connectivity index is 2.28. The van der Waals surface area contributed by atoms with E-state index in [-0.39, 0.29) is 0 Å². The first-order valence-corrected chi connectivity index (χ1v) is 10.9. The lowest BCUT2D eigenvalue weighted by molar-refractivity contribution is 0.154. The Bertz CT molecular complexity index is 387. The van der Waals surface area contributed by atoms with E-state index < -0.39 is 0 Å². The SMILES string of the molecule is CC(=C(C)C1CC(C)CCC1C(C)C)C1CC(C)CCC1C(C)C. The molecule has 24 heavy (non-hydrogen) atoms. The van der Waals surface area contributed by atoms with Gasteiger partial charge in [0.25, 0.3) is 0 Å². The average molecular weight is 333 g/mol. The fraction of sp³-hybridized carbons (Fsp3) is 0.917. The maximum atomic E-state index is 2.50. The largest absolute Gasteiger partial charge is 0.0707 e.